The average molecular weight is 330 g/mol. The molecule has 2 nitrogen and oxygen atoms in total. The van der Waals surface area contributed by atoms with Crippen molar-refractivity contribution in [3.63, 3.8) is 0 Å². The van der Waals surface area contributed by atoms with Gasteiger partial charge in [0.2, 0.25) is 0 Å². The van der Waals surface area contributed by atoms with Crippen molar-refractivity contribution in [2.45, 2.75) is 10.6 Å². The fraction of sp³-hybridized carbons (Fsp3) is 0.0833. The maximum absolute atomic E-state index is 5.94. The second kappa shape index (κ2) is 5.76. The zero-order chi connectivity index (χ0) is 12.3. The van der Waals surface area contributed by atoms with Crippen LogP contribution < -0.4 is 5.73 Å². The standard InChI is InChI=1S/C12H10BrClN2S/c13-9-3-8(5-16-6-9)7-17-12-4-10(14)1-2-11(12)15/h1-6H,7,15H2. The van der Waals surface area contributed by atoms with Crippen molar-refractivity contribution in [1.82, 2.24) is 4.98 Å². The number of anilines is 1. The van der Waals surface area contributed by atoms with Gasteiger partial charge in [0.1, 0.15) is 0 Å². The molecule has 1 aromatic carbocycles. The molecule has 0 aliphatic heterocycles. The maximum Gasteiger partial charge on any atom is 0.0453 e. The predicted octanol–water partition coefficient (Wildman–Crippen LogP) is 4.37. The second-order valence-electron chi connectivity index (χ2n) is 3.48. The summed E-state index contributed by atoms with van der Waals surface area (Å²) in [5, 5.41) is 0.703. The third kappa shape index (κ3) is 3.63. The summed E-state index contributed by atoms with van der Waals surface area (Å²) in [5.41, 5.74) is 7.77. The monoisotopic (exact) mass is 328 g/mol. The largest absolute Gasteiger partial charge is 0.398 e. The number of aromatic nitrogens is 1. The molecule has 0 bridgehead atoms. The lowest BCUT2D eigenvalue weighted by Crippen LogP contribution is -1.89. The molecular formula is C12H10BrClN2S. The van der Waals surface area contributed by atoms with E-state index in [-0.39, 0.29) is 0 Å². The lowest BCUT2D eigenvalue weighted by atomic mass is 10.3. The number of nitrogens with two attached hydrogens (primary N) is 1. The van der Waals surface area contributed by atoms with Crippen LogP contribution >= 0.6 is 39.3 Å². The Bertz CT molecular complexity index is 534. The van der Waals surface area contributed by atoms with E-state index in [1.165, 1.54) is 0 Å². The van der Waals surface area contributed by atoms with Crippen molar-refractivity contribution in [3.8, 4) is 0 Å². The summed E-state index contributed by atoms with van der Waals surface area (Å²) in [6.45, 7) is 0. The Balaban J connectivity index is 2.09. The van der Waals surface area contributed by atoms with E-state index in [0.29, 0.717) is 5.02 Å². The van der Waals surface area contributed by atoms with Gasteiger partial charge in [-0.1, -0.05) is 11.6 Å². The predicted molar refractivity (Wildman–Crippen MR) is 77.4 cm³/mol. The molecule has 0 radical (unpaired) electrons. The molecule has 2 rings (SSSR count). The Morgan fingerprint density at radius 3 is 2.88 bits per heavy atom. The third-order valence-electron chi connectivity index (χ3n) is 2.13. The molecule has 0 saturated carbocycles. The van der Waals surface area contributed by atoms with Crippen molar-refractivity contribution < 1.29 is 0 Å². The maximum atomic E-state index is 5.94. The molecular weight excluding hydrogens is 320 g/mol. The Kier molecular flexibility index (Phi) is 4.31. The van der Waals surface area contributed by atoms with Crippen LogP contribution in [-0.2, 0) is 5.75 Å². The Hall–Kier alpha value is -0.710. The van der Waals surface area contributed by atoms with Gasteiger partial charge in [-0.15, -0.1) is 11.8 Å². The number of thioether (sulfide) groups is 1. The van der Waals surface area contributed by atoms with Gasteiger partial charge in [-0.25, -0.2) is 0 Å². The van der Waals surface area contributed by atoms with Gasteiger partial charge in [-0.05, 0) is 45.8 Å². The minimum absolute atomic E-state index is 0.703. The minimum Gasteiger partial charge on any atom is -0.398 e. The van der Waals surface area contributed by atoms with Crippen molar-refractivity contribution in [1.29, 1.82) is 0 Å². The summed E-state index contributed by atoms with van der Waals surface area (Å²) in [6, 6.07) is 7.54. The van der Waals surface area contributed by atoms with Gasteiger partial charge >= 0.3 is 0 Å². The van der Waals surface area contributed by atoms with Crippen LogP contribution in [0.2, 0.25) is 5.02 Å². The summed E-state index contributed by atoms with van der Waals surface area (Å²) >= 11 is 11.0. The summed E-state index contributed by atoms with van der Waals surface area (Å²) in [6.07, 6.45) is 3.61. The summed E-state index contributed by atoms with van der Waals surface area (Å²) in [5.74, 6) is 0.816. The van der Waals surface area contributed by atoms with E-state index in [4.69, 9.17) is 17.3 Å². The smallest absolute Gasteiger partial charge is 0.0453 e. The Morgan fingerprint density at radius 2 is 2.12 bits per heavy atom. The number of nitrogens with zero attached hydrogens (tertiary/aromatic N) is 1. The van der Waals surface area contributed by atoms with Crippen molar-refractivity contribution in [2.75, 3.05) is 5.73 Å². The second-order valence-corrected chi connectivity index (χ2v) is 5.85. The number of rotatable bonds is 3. The summed E-state index contributed by atoms with van der Waals surface area (Å²) in [7, 11) is 0. The van der Waals surface area contributed by atoms with Crippen LogP contribution in [-0.4, -0.2) is 4.98 Å². The van der Waals surface area contributed by atoms with Gasteiger partial charge < -0.3 is 5.73 Å². The minimum atomic E-state index is 0.703. The molecule has 1 heterocycles. The fourth-order valence-electron chi connectivity index (χ4n) is 1.33. The first-order valence-corrected chi connectivity index (χ1v) is 7.08. The molecule has 1 aromatic heterocycles. The van der Waals surface area contributed by atoms with Crippen LogP contribution in [0.15, 0.2) is 46.0 Å². The Morgan fingerprint density at radius 1 is 1.29 bits per heavy atom. The first kappa shape index (κ1) is 12.7. The molecule has 88 valence electrons. The molecule has 0 aliphatic rings. The van der Waals surface area contributed by atoms with Gasteiger partial charge in [0.05, 0.1) is 0 Å². The highest BCUT2D eigenvalue weighted by Gasteiger charge is 2.02. The SMILES string of the molecule is Nc1ccc(Cl)cc1SCc1cncc(Br)c1. The lowest BCUT2D eigenvalue weighted by molar-refractivity contribution is 1.23. The molecule has 2 aromatic rings. The molecule has 0 amide bonds. The zero-order valence-electron chi connectivity index (χ0n) is 8.86. The normalized spacial score (nSPS) is 10.5. The van der Waals surface area contributed by atoms with Crippen LogP contribution in [0.5, 0.6) is 0 Å². The molecule has 0 aliphatic carbocycles. The van der Waals surface area contributed by atoms with Gasteiger partial charge in [0.15, 0.2) is 0 Å². The molecule has 0 unspecified atom stereocenters. The van der Waals surface area contributed by atoms with E-state index in [9.17, 15) is 0 Å². The molecule has 0 fully saturated rings. The fourth-order valence-corrected chi connectivity index (χ4v) is 2.90. The van der Waals surface area contributed by atoms with E-state index in [1.54, 1.807) is 24.0 Å². The number of pyridine rings is 1. The van der Waals surface area contributed by atoms with Crippen molar-refractivity contribution in [2.24, 2.45) is 0 Å². The topological polar surface area (TPSA) is 38.9 Å². The Labute approximate surface area is 118 Å². The molecule has 2 N–H and O–H groups in total. The number of hydrogen-bond acceptors (Lipinski definition) is 3. The number of nitrogen functional groups attached to an aromatic ring is 1. The summed E-state index contributed by atoms with van der Waals surface area (Å²) in [4.78, 5) is 5.12. The number of halogens is 2. The van der Waals surface area contributed by atoms with Gasteiger partial charge in [0.25, 0.3) is 0 Å². The van der Waals surface area contributed by atoms with Crippen molar-refractivity contribution in [3.05, 3.63) is 51.7 Å². The number of benzene rings is 1. The first-order valence-electron chi connectivity index (χ1n) is 4.92. The molecule has 0 atom stereocenters. The van der Waals surface area contributed by atoms with E-state index in [0.717, 1.165) is 26.4 Å². The molecule has 0 spiro atoms. The average Bonchev–Trinajstić information content (AvgIpc) is 2.30. The highest BCUT2D eigenvalue weighted by atomic mass is 79.9. The van der Waals surface area contributed by atoms with Crippen LogP contribution in [0.1, 0.15) is 5.56 Å². The third-order valence-corrected chi connectivity index (χ3v) is 3.94. The van der Waals surface area contributed by atoms with E-state index >= 15 is 0 Å². The molecule has 0 saturated heterocycles. The van der Waals surface area contributed by atoms with Gasteiger partial charge in [-0.2, -0.15) is 0 Å². The van der Waals surface area contributed by atoms with Crippen LogP contribution in [0.4, 0.5) is 5.69 Å². The van der Waals surface area contributed by atoms with E-state index in [1.807, 2.05) is 24.4 Å². The quantitative estimate of drug-likeness (QED) is 0.671. The van der Waals surface area contributed by atoms with Crippen LogP contribution in [0.3, 0.4) is 0 Å². The van der Waals surface area contributed by atoms with Gasteiger partial charge in [0, 0.05) is 38.2 Å². The van der Waals surface area contributed by atoms with Gasteiger partial charge in [-0.3, -0.25) is 4.98 Å². The van der Waals surface area contributed by atoms with Crippen LogP contribution in [0.25, 0.3) is 0 Å². The summed E-state index contributed by atoms with van der Waals surface area (Å²) < 4.78 is 0.981. The lowest BCUT2D eigenvalue weighted by Gasteiger charge is -2.06. The highest BCUT2D eigenvalue weighted by molar-refractivity contribution is 9.10. The molecule has 17 heavy (non-hydrogen) atoms. The van der Waals surface area contributed by atoms with Crippen LogP contribution in [0, 0.1) is 0 Å². The van der Waals surface area contributed by atoms with E-state index in [2.05, 4.69) is 20.9 Å². The first-order chi connectivity index (χ1) is 8.15. The highest BCUT2D eigenvalue weighted by Crippen LogP contribution is 2.30. The number of hydrogen-bond donors (Lipinski definition) is 1. The van der Waals surface area contributed by atoms with Crippen molar-refractivity contribution >= 4 is 45.0 Å². The molecule has 5 heteroatoms. The zero-order valence-corrected chi connectivity index (χ0v) is 12.0. The van der Waals surface area contributed by atoms with E-state index < -0.39 is 0 Å².